The molecule has 8 heteroatoms. The number of aryl methyl sites for hydroxylation is 1. The molecule has 2 aliphatic carbocycles. The lowest BCUT2D eigenvalue weighted by Crippen LogP contribution is -2.20. The fourth-order valence-electron chi connectivity index (χ4n) is 4.67. The molecule has 1 fully saturated rings. The second-order valence-electron chi connectivity index (χ2n) is 8.87. The van der Waals surface area contributed by atoms with Crippen LogP contribution in [-0.2, 0) is 22.9 Å². The molecule has 6 nitrogen and oxygen atoms in total. The van der Waals surface area contributed by atoms with Crippen molar-refractivity contribution in [3.63, 3.8) is 0 Å². The number of rotatable bonds is 8. The van der Waals surface area contributed by atoms with Crippen LogP contribution in [0.4, 0.5) is 5.69 Å². The Labute approximate surface area is 203 Å². The molecule has 0 amide bonds. The van der Waals surface area contributed by atoms with Gasteiger partial charge in [-0.3, -0.25) is 4.72 Å². The van der Waals surface area contributed by atoms with E-state index in [0.717, 1.165) is 54.1 Å². The van der Waals surface area contributed by atoms with Gasteiger partial charge in [-0.1, -0.05) is 47.6 Å². The highest BCUT2D eigenvalue weighted by molar-refractivity contribution is 14.1. The number of hydrogen-bond acceptors (Lipinski definition) is 5. The summed E-state index contributed by atoms with van der Waals surface area (Å²) < 4.78 is 33.9. The Kier molecular flexibility index (Phi) is 7.49. The van der Waals surface area contributed by atoms with Crippen LogP contribution in [0.3, 0.4) is 0 Å². The van der Waals surface area contributed by atoms with Crippen LogP contribution in [0.5, 0.6) is 5.75 Å². The number of aromatic hydroxyl groups is 1. The molecule has 1 aromatic carbocycles. The number of nitrogens with one attached hydrogen (secondary N) is 1. The molecular formula is C24H30INO5S. The van der Waals surface area contributed by atoms with E-state index >= 15 is 0 Å². The van der Waals surface area contributed by atoms with Gasteiger partial charge in [-0.15, -0.1) is 0 Å². The third-order valence-electron chi connectivity index (χ3n) is 6.36. The van der Waals surface area contributed by atoms with E-state index in [1.54, 1.807) is 18.2 Å². The zero-order valence-electron chi connectivity index (χ0n) is 18.1. The summed E-state index contributed by atoms with van der Waals surface area (Å²) in [5, 5.41) is 11.2. The lowest BCUT2D eigenvalue weighted by molar-refractivity contribution is 0.382. The third kappa shape index (κ3) is 5.50. The molecular weight excluding hydrogens is 541 g/mol. The van der Waals surface area contributed by atoms with Crippen molar-refractivity contribution in [3.8, 4) is 5.75 Å². The van der Waals surface area contributed by atoms with Gasteiger partial charge in [0, 0.05) is 28.0 Å². The van der Waals surface area contributed by atoms with Crippen LogP contribution >= 0.6 is 22.6 Å². The minimum atomic E-state index is -3.43. The molecule has 2 aromatic rings. The Morgan fingerprint density at radius 1 is 1.16 bits per heavy atom. The molecule has 0 saturated heterocycles. The van der Waals surface area contributed by atoms with Crippen molar-refractivity contribution < 1.29 is 17.9 Å². The van der Waals surface area contributed by atoms with E-state index < -0.39 is 15.6 Å². The molecule has 0 spiro atoms. The number of benzene rings is 1. The van der Waals surface area contributed by atoms with Gasteiger partial charge in [0.1, 0.15) is 11.5 Å². The molecule has 174 valence electrons. The van der Waals surface area contributed by atoms with E-state index in [2.05, 4.69) is 27.3 Å². The van der Waals surface area contributed by atoms with E-state index in [1.807, 2.05) is 6.07 Å². The predicted molar refractivity (Wildman–Crippen MR) is 134 cm³/mol. The van der Waals surface area contributed by atoms with Gasteiger partial charge in [-0.25, -0.2) is 13.2 Å². The molecule has 0 bridgehead atoms. The minimum absolute atomic E-state index is 0.0709. The topological polar surface area (TPSA) is 96.6 Å². The largest absolute Gasteiger partial charge is 0.507 e. The Morgan fingerprint density at radius 3 is 2.62 bits per heavy atom. The Balaban J connectivity index is 1.71. The van der Waals surface area contributed by atoms with Gasteiger partial charge in [0.25, 0.3) is 0 Å². The summed E-state index contributed by atoms with van der Waals surface area (Å²) in [5.74, 6) is 0.717. The summed E-state index contributed by atoms with van der Waals surface area (Å²) >= 11 is 2.16. The van der Waals surface area contributed by atoms with Crippen molar-refractivity contribution in [2.45, 2.75) is 63.7 Å². The van der Waals surface area contributed by atoms with Gasteiger partial charge in [0.05, 0.1) is 11.3 Å². The van der Waals surface area contributed by atoms with E-state index in [-0.39, 0.29) is 23.3 Å². The highest BCUT2D eigenvalue weighted by Crippen LogP contribution is 2.49. The quantitative estimate of drug-likeness (QED) is 0.339. The summed E-state index contributed by atoms with van der Waals surface area (Å²) in [6, 6.07) is 7.21. The monoisotopic (exact) mass is 571 g/mol. The molecule has 1 atom stereocenters. The maximum absolute atomic E-state index is 13.1. The number of fused-ring (bicyclic) bond motifs is 1. The Morgan fingerprint density at radius 2 is 1.91 bits per heavy atom. The van der Waals surface area contributed by atoms with Gasteiger partial charge >= 0.3 is 5.63 Å². The summed E-state index contributed by atoms with van der Waals surface area (Å²) in [7, 11) is -3.43. The van der Waals surface area contributed by atoms with Gasteiger partial charge in [0.15, 0.2) is 0 Å². The van der Waals surface area contributed by atoms with Crippen molar-refractivity contribution >= 4 is 38.3 Å². The molecule has 1 aromatic heterocycles. The summed E-state index contributed by atoms with van der Waals surface area (Å²) in [4.78, 5) is 13.1. The van der Waals surface area contributed by atoms with Crippen LogP contribution in [0.2, 0.25) is 0 Å². The van der Waals surface area contributed by atoms with Crippen LogP contribution < -0.4 is 10.3 Å². The van der Waals surface area contributed by atoms with Crippen LogP contribution in [0.25, 0.3) is 0 Å². The van der Waals surface area contributed by atoms with Crippen molar-refractivity contribution in [3.05, 3.63) is 57.1 Å². The fraction of sp³-hybridized carbons (Fsp3) is 0.542. The van der Waals surface area contributed by atoms with Gasteiger partial charge in [0.2, 0.25) is 10.0 Å². The van der Waals surface area contributed by atoms with Crippen molar-refractivity contribution in [1.29, 1.82) is 0 Å². The smallest absolute Gasteiger partial charge is 0.343 e. The van der Waals surface area contributed by atoms with Gasteiger partial charge < -0.3 is 9.52 Å². The van der Waals surface area contributed by atoms with E-state index in [9.17, 15) is 18.3 Å². The predicted octanol–water partition coefficient (Wildman–Crippen LogP) is 5.11. The van der Waals surface area contributed by atoms with Crippen LogP contribution in [0.15, 0.2) is 33.5 Å². The van der Waals surface area contributed by atoms with Crippen molar-refractivity contribution in [1.82, 2.24) is 0 Å². The highest BCUT2D eigenvalue weighted by atomic mass is 127. The number of halogens is 1. The average molecular weight is 571 g/mol. The maximum Gasteiger partial charge on any atom is 0.343 e. The molecule has 1 saturated carbocycles. The number of alkyl halides is 1. The second-order valence-corrected chi connectivity index (χ2v) is 11.8. The van der Waals surface area contributed by atoms with Crippen LogP contribution in [0.1, 0.15) is 73.3 Å². The molecule has 32 heavy (non-hydrogen) atoms. The Bertz CT molecular complexity index is 1120. The normalized spacial score (nSPS) is 17.8. The van der Waals surface area contributed by atoms with Gasteiger partial charge in [-0.05, 0) is 62.1 Å². The van der Waals surface area contributed by atoms with Gasteiger partial charge in [-0.2, -0.15) is 0 Å². The molecule has 2 aliphatic rings. The minimum Gasteiger partial charge on any atom is -0.507 e. The third-order valence-corrected chi connectivity index (χ3v) is 8.50. The first-order valence-electron chi connectivity index (χ1n) is 11.4. The number of sulfonamides is 1. The standard InChI is InChI=1S/C24H30INO5S/c25-13-6-14-32(29,30)26-18-8-5-7-17(15-18)21(16-11-12-16)22-23(27)19-9-3-1-2-4-10-20(19)31-24(22)28/h5,7-8,15-16,21,26-27H,1-4,6,9-14H2. The summed E-state index contributed by atoms with van der Waals surface area (Å²) in [6.07, 6.45) is 8.06. The summed E-state index contributed by atoms with van der Waals surface area (Å²) in [5.41, 5.74) is 1.95. The first-order valence-corrected chi connectivity index (χ1v) is 14.6. The van der Waals surface area contributed by atoms with Crippen molar-refractivity contribution in [2.24, 2.45) is 5.92 Å². The molecule has 2 N–H and O–H groups in total. The highest BCUT2D eigenvalue weighted by Gasteiger charge is 2.38. The molecule has 0 radical (unpaired) electrons. The second kappa shape index (κ2) is 10.2. The average Bonchev–Trinajstić information content (AvgIpc) is 3.56. The van der Waals surface area contributed by atoms with Crippen molar-refractivity contribution in [2.75, 3.05) is 14.9 Å². The van der Waals surface area contributed by atoms with Crippen LogP contribution in [0, 0.1) is 5.92 Å². The first-order chi connectivity index (χ1) is 15.4. The molecule has 1 heterocycles. The zero-order valence-corrected chi connectivity index (χ0v) is 21.1. The SMILES string of the molecule is O=c1oc2c(c(O)c1C(c1cccc(NS(=O)(=O)CCCI)c1)C1CC1)CCCCCC2. The number of anilines is 1. The summed E-state index contributed by atoms with van der Waals surface area (Å²) in [6.45, 7) is 0. The van der Waals surface area contributed by atoms with E-state index in [0.29, 0.717) is 36.3 Å². The maximum atomic E-state index is 13.1. The number of hydrogen-bond donors (Lipinski definition) is 2. The van der Waals surface area contributed by atoms with Crippen LogP contribution in [-0.4, -0.2) is 23.7 Å². The first kappa shape index (κ1) is 23.6. The fourth-order valence-corrected chi connectivity index (χ4v) is 6.68. The van der Waals surface area contributed by atoms with E-state index in [4.69, 9.17) is 4.42 Å². The molecule has 4 rings (SSSR count). The molecule has 0 aliphatic heterocycles. The zero-order chi connectivity index (χ0) is 22.7. The lowest BCUT2D eigenvalue weighted by atomic mass is 9.85. The van der Waals surface area contributed by atoms with E-state index in [1.165, 1.54) is 0 Å². The lowest BCUT2D eigenvalue weighted by Gasteiger charge is -2.22. The molecule has 1 unspecified atom stereocenters. The Hall–Kier alpha value is -1.55.